The Hall–Kier alpha value is -2.65. The van der Waals surface area contributed by atoms with Gasteiger partial charge in [-0.15, -0.1) is 0 Å². The average Bonchev–Trinajstić information content (AvgIpc) is 2.99. The lowest BCUT2D eigenvalue weighted by molar-refractivity contribution is 0.0952. The van der Waals surface area contributed by atoms with Crippen molar-refractivity contribution in [3.8, 4) is 11.8 Å². The summed E-state index contributed by atoms with van der Waals surface area (Å²) in [7, 11) is 0. The number of nitrogens with one attached hydrogen (secondary N) is 1. The van der Waals surface area contributed by atoms with Crippen LogP contribution >= 0.6 is 0 Å². The molecule has 1 aromatic carbocycles. The summed E-state index contributed by atoms with van der Waals surface area (Å²) < 4.78 is 4.85. The summed E-state index contributed by atoms with van der Waals surface area (Å²) in [5.74, 6) is 5.64. The monoisotopic (exact) mass is 285 g/mol. The van der Waals surface area contributed by atoms with E-state index < -0.39 is 0 Å². The van der Waals surface area contributed by atoms with Gasteiger partial charge in [-0.1, -0.05) is 23.1 Å². The zero-order chi connectivity index (χ0) is 15.1. The summed E-state index contributed by atoms with van der Waals surface area (Å²) in [6.45, 7) is 2.06. The molecule has 2 rings (SSSR count). The van der Waals surface area contributed by atoms with E-state index in [0.717, 1.165) is 5.56 Å². The van der Waals surface area contributed by atoms with Gasteiger partial charge in [-0.25, -0.2) is 0 Å². The van der Waals surface area contributed by atoms with Gasteiger partial charge in [0.1, 0.15) is 6.61 Å². The number of amides is 1. The summed E-state index contributed by atoms with van der Waals surface area (Å²) in [5, 5.41) is 15.0. The van der Waals surface area contributed by atoms with Gasteiger partial charge < -0.3 is 14.9 Å². The smallest absolute Gasteiger partial charge is 0.251 e. The van der Waals surface area contributed by atoms with E-state index in [4.69, 9.17) is 9.63 Å². The van der Waals surface area contributed by atoms with Gasteiger partial charge in [-0.2, -0.15) is 4.98 Å². The van der Waals surface area contributed by atoms with Gasteiger partial charge in [0, 0.05) is 24.1 Å². The van der Waals surface area contributed by atoms with E-state index in [-0.39, 0.29) is 12.5 Å². The number of aryl methyl sites for hydroxylation is 1. The normalized spacial score (nSPS) is 9.81. The quantitative estimate of drug-likeness (QED) is 0.807. The number of aromatic nitrogens is 2. The SMILES string of the molecule is Cc1ccc(C#CCO)cc1C(=O)NCCc1ncno1. The first-order chi connectivity index (χ1) is 10.2. The van der Waals surface area contributed by atoms with Gasteiger partial charge in [0.05, 0.1) is 0 Å². The van der Waals surface area contributed by atoms with Crippen LogP contribution in [0.3, 0.4) is 0 Å². The fraction of sp³-hybridized carbons (Fsp3) is 0.267. The van der Waals surface area contributed by atoms with Crippen molar-refractivity contribution in [2.45, 2.75) is 13.3 Å². The maximum atomic E-state index is 12.1. The van der Waals surface area contributed by atoms with Crippen LogP contribution < -0.4 is 5.32 Å². The Morgan fingerprint density at radius 2 is 2.33 bits per heavy atom. The topological polar surface area (TPSA) is 88.2 Å². The third kappa shape index (κ3) is 4.16. The molecular formula is C15H15N3O3. The fourth-order valence-corrected chi connectivity index (χ4v) is 1.77. The molecule has 6 heteroatoms. The van der Waals surface area contributed by atoms with E-state index >= 15 is 0 Å². The largest absolute Gasteiger partial charge is 0.384 e. The van der Waals surface area contributed by atoms with E-state index in [9.17, 15) is 4.79 Å². The minimum atomic E-state index is -0.209. The Morgan fingerprint density at radius 3 is 3.05 bits per heavy atom. The average molecular weight is 285 g/mol. The minimum Gasteiger partial charge on any atom is -0.384 e. The highest BCUT2D eigenvalue weighted by atomic mass is 16.5. The number of benzene rings is 1. The van der Waals surface area contributed by atoms with E-state index in [2.05, 4.69) is 27.3 Å². The second-order valence-corrected chi connectivity index (χ2v) is 4.33. The molecule has 6 nitrogen and oxygen atoms in total. The first-order valence-corrected chi connectivity index (χ1v) is 6.45. The maximum Gasteiger partial charge on any atom is 0.251 e. The summed E-state index contributed by atoms with van der Waals surface area (Å²) in [6, 6.07) is 5.35. The lowest BCUT2D eigenvalue weighted by Crippen LogP contribution is -2.26. The predicted octanol–water partition coefficient (Wildman–Crippen LogP) is 0.694. The van der Waals surface area contributed by atoms with E-state index in [1.807, 2.05) is 19.1 Å². The highest BCUT2D eigenvalue weighted by Crippen LogP contribution is 2.10. The van der Waals surface area contributed by atoms with Gasteiger partial charge in [0.15, 0.2) is 6.33 Å². The fourth-order valence-electron chi connectivity index (χ4n) is 1.77. The van der Waals surface area contributed by atoms with Crippen molar-refractivity contribution in [2.75, 3.05) is 13.2 Å². The summed E-state index contributed by atoms with van der Waals surface area (Å²) >= 11 is 0. The number of rotatable bonds is 4. The zero-order valence-electron chi connectivity index (χ0n) is 11.6. The molecule has 1 heterocycles. The summed E-state index contributed by atoms with van der Waals surface area (Å²) in [5.41, 5.74) is 2.11. The zero-order valence-corrected chi connectivity index (χ0v) is 11.6. The number of aliphatic hydroxyl groups is 1. The Bertz CT molecular complexity index is 669. The molecule has 0 saturated heterocycles. The molecule has 0 aliphatic heterocycles. The van der Waals surface area contributed by atoms with Gasteiger partial charge in [0.2, 0.25) is 5.89 Å². The molecule has 0 spiro atoms. The number of hydrogen-bond donors (Lipinski definition) is 2. The Kier molecular flexibility index (Phi) is 5.07. The van der Waals surface area contributed by atoms with Gasteiger partial charge in [-0.05, 0) is 24.6 Å². The molecular weight excluding hydrogens is 270 g/mol. The number of hydrogen-bond acceptors (Lipinski definition) is 5. The Balaban J connectivity index is 2.00. The minimum absolute atomic E-state index is 0.181. The summed E-state index contributed by atoms with van der Waals surface area (Å²) in [4.78, 5) is 16.0. The van der Waals surface area contributed by atoms with Crippen LogP contribution in [0.5, 0.6) is 0 Å². The molecule has 0 aliphatic carbocycles. The van der Waals surface area contributed by atoms with Crippen LogP contribution in [-0.4, -0.2) is 34.3 Å². The molecule has 0 aliphatic rings. The highest BCUT2D eigenvalue weighted by Gasteiger charge is 2.09. The van der Waals surface area contributed by atoms with Crippen LogP contribution in [0.1, 0.15) is 27.4 Å². The van der Waals surface area contributed by atoms with Crippen molar-refractivity contribution in [3.63, 3.8) is 0 Å². The third-order valence-corrected chi connectivity index (χ3v) is 2.83. The lowest BCUT2D eigenvalue weighted by Gasteiger charge is -2.07. The second-order valence-electron chi connectivity index (χ2n) is 4.33. The number of aliphatic hydroxyl groups excluding tert-OH is 1. The lowest BCUT2D eigenvalue weighted by atomic mass is 10.0. The van der Waals surface area contributed by atoms with Crippen molar-refractivity contribution in [1.29, 1.82) is 0 Å². The molecule has 2 N–H and O–H groups in total. The Morgan fingerprint density at radius 1 is 1.48 bits per heavy atom. The molecule has 108 valence electrons. The Labute approximate surface area is 122 Å². The molecule has 0 bridgehead atoms. The van der Waals surface area contributed by atoms with Crippen molar-refractivity contribution in [3.05, 3.63) is 47.1 Å². The van der Waals surface area contributed by atoms with E-state index in [1.54, 1.807) is 6.07 Å². The molecule has 1 aromatic heterocycles. The van der Waals surface area contributed by atoms with E-state index in [0.29, 0.717) is 30.0 Å². The van der Waals surface area contributed by atoms with Crippen LogP contribution in [0.2, 0.25) is 0 Å². The van der Waals surface area contributed by atoms with E-state index in [1.165, 1.54) is 6.33 Å². The van der Waals surface area contributed by atoms with Crippen molar-refractivity contribution in [1.82, 2.24) is 15.5 Å². The maximum absolute atomic E-state index is 12.1. The van der Waals surface area contributed by atoms with Crippen molar-refractivity contribution < 1.29 is 14.4 Å². The number of carbonyl (C=O) groups is 1. The number of carbonyl (C=O) groups excluding carboxylic acids is 1. The molecule has 21 heavy (non-hydrogen) atoms. The van der Waals surface area contributed by atoms with Crippen LogP contribution in [0.25, 0.3) is 0 Å². The molecule has 1 amide bonds. The molecule has 0 saturated carbocycles. The predicted molar refractivity (Wildman–Crippen MR) is 75.5 cm³/mol. The first kappa shape index (κ1) is 14.8. The first-order valence-electron chi connectivity index (χ1n) is 6.45. The summed E-state index contributed by atoms with van der Waals surface area (Å²) in [6.07, 6.45) is 1.80. The van der Waals surface area contributed by atoms with Crippen molar-refractivity contribution >= 4 is 5.91 Å². The van der Waals surface area contributed by atoms with Gasteiger partial charge in [-0.3, -0.25) is 4.79 Å². The van der Waals surface area contributed by atoms with Gasteiger partial charge >= 0.3 is 0 Å². The third-order valence-electron chi connectivity index (χ3n) is 2.83. The molecule has 0 unspecified atom stereocenters. The second kappa shape index (κ2) is 7.22. The molecule has 0 atom stereocenters. The molecule has 0 radical (unpaired) electrons. The molecule has 0 fully saturated rings. The van der Waals surface area contributed by atoms with Crippen LogP contribution in [-0.2, 0) is 6.42 Å². The molecule has 2 aromatic rings. The highest BCUT2D eigenvalue weighted by molar-refractivity contribution is 5.96. The standard InChI is InChI=1S/C15H15N3O3/c1-11-4-5-12(3-2-8-19)9-13(11)15(20)16-7-6-14-17-10-18-21-14/h4-5,9-10,19H,6-8H2,1H3,(H,16,20). The van der Waals surface area contributed by atoms with Gasteiger partial charge in [0.25, 0.3) is 5.91 Å². The van der Waals surface area contributed by atoms with Crippen LogP contribution in [0.15, 0.2) is 29.0 Å². The van der Waals surface area contributed by atoms with Crippen LogP contribution in [0.4, 0.5) is 0 Å². The number of nitrogens with zero attached hydrogens (tertiary/aromatic N) is 2. The van der Waals surface area contributed by atoms with Crippen molar-refractivity contribution in [2.24, 2.45) is 0 Å². The van der Waals surface area contributed by atoms with Crippen LogP contribution in [0, 0.1) is 18.8 Å².